The van der Waals surface area contributed by atoms with Gasteiger partial charge in [0.25, 0.3) is 11.8 Å². The van der Waals surface area contributed by atoms with Crippen LogP contribution in [0.25, 0.3) is 10.9 Å². The molecule has 0 bridgehead atoms. The highest BCUT2D eigenvalue weighted by Gasteiger charge is 2.44. The average Bonchev–Trinajstić information content (AvgIpc) is 2.80. The van der Waals surface area contributed by atoms with Crippen molar-refractivity contribution in [2.24, 2.45) is 11.7 Å². The van der Waals surface area contributed by atoms with E-state index in [1.165, 1.54) is 31.5 Å². The van der Waals surface area contributed by atoms with Gasteiger partial charge < -0.3 is 15.5 Å². The molecular formula is C24H25F4N3O3. The molecule has 1 fully saturated rings. The summed E-state index contributed by atoms with van der Waals surface area (Å²) in [6.07, 6.45) is 2.56. The van der Waals surface area contributed by atoms with Gasteiger partial charge in [-0.2, -0.15) is 4.39 Å². The summed E-state index contributed by atoms with van der Waals surface area (Å²) in [7, 11) is 1.29. The highest BCUT2D eigenvalue weighted by molar-refractivity contribution is 6.03. The number of rotatable bonds is 4. The molecule has 0 spiro atoms. The van der Waals surface area contributed by atoms with Gasteiger partial charge in [-0.05, 0) is 37.5 Å². The molecule has 2 aromatic heterocycles. The molecule has 1 aliphatic rings. The number of H-pyrrole nitrogens is 1. The lowest BCUT2D eigenvalue weighted by molar-refractivity contribution is -0.0931. The second kappa shape index (κ2) is 10.2. The lowest BCUT2D eigenvalue weighted by Gasteiger charge is -2.35. The summed E-state index contributed by atoms with van der Waals surface area (Å²) < 4.78 is 57.8. The zero-order valence-corrected chi connectivity index (χ0v) is 18.7. The number of halogens is 4. The number of nitrogens with zero attached hydrogens (tertiary/aromatic N) is 1. The van der Waals surface area contributed by atoms with Gasteiger partial charge in [0.2, 0.25) is 5.82 Å². The maximum Gasteiger partial charge on any atom is 0.268 e. The predicted octanol–water partition coefficient (Wildman–Crippen LogP) is 4.92. The summed E-state index contributed by atoms with van der Waals surface area (Å²) in [4.78, 5) is 30.7. The van der Waals surface area contributed by atoms with Crippen LogP contribution in [0.5, 0.6) is 5.75 Å². The molecule has 2 heterocycles. The third-order valence-corrected chi connectivity index (χ3v) is 6.04. The highest BCUT2D eigenvalue weighted by Crippen LogP contribution is 2.46. The number of alkyl halides is 2. The Bertz CT molecular complexity index is 1250. The molecule has 3 aromatic rings. The summed E-state index contributed by atoms with van der Waals surface area (Å²) in [5.41, 5.74) is 5.57. The van der Waals surface area contributed by atoms with Gasteiger partial charge >= 0.3 is 0 Å². The van der Waals surface area contributed by atoms with Crippen LogP contribution < -0.4 is 15.9 Å². The number of hydrogen-bond donors (Lipinski definition) is 2. The first-order valence-corrected chi connectivity index (χ1v) is 10.8. The molecule has 1 amide bonds. The first kappa shape index (κ1) is 25.2. The molecule has 0 saturated heterocycles. The van der Waals surface area contributed by atoms with Crippen LogP contribution >= 0.6 is 0 Å². The third-order valence-electron chi connectivity index (χ3n) is 6.04. The number of fused-ring (bicyclic) bond motifs is 1. The highest BCUT2D eigenvalue weighted by atomic mass is 19.3. The zero-order valence-electron chi connectivity index (χ0n) is 18.7. The monoisotopic (exact) mass is 479 g/mol. The number of ether oxygens (including phenoxy) is 1. The Labute approximate surface area is 193 Å². The number of nitrogens with one attached hydrogen (secondary N) is 1. The summed E-state index contributed by atoms with van der Waals surface area (Å²) >= 11 is 0. The normalized spacial score (nSPS) is 19.2. The summed E-state index contributed by atoms with van der Waals surface area (Å²) in [6.45, 7) is 1.77. The SMILES string of the molecule is CC[C@@H]1CC[C@H](c2cc(=O)c3c(C(N)=O)nccc3[nH]2)CC1(F)F.COc1cccc(F)c1F. The summed E-state index contributed by atoms with van der Waals surface area (Å²) in [6, 6.07) is 6.62. The van der Waals surface area contributed by atoms with E-state index in [1.807, 2.05) is 0 Å². The second-order valence-electron chi connectivity index (χ2n) is 8.14. The Kier molecular flexibility index (Phi) is 7.58. The molecular weight excluding hydrogens is 454 g/mol. The second-order valence-corrected chi connectivity index (χ2v) is 8.14. The Morgan fingerprint density at radius 2 is 2.00 bits per heavy atom. The minimum atomic E-state index is -2.74. The topological polar surface area (TPSA) is 98.1 Å². The lowest BCUT2D eigenvalue weighted by Crippen LogP contribution is -2.35. The van der Waals surface area contributed by atoms with E-state index < -0.39 is 40.7 Å². The van der Waals surface area contributed by atoms with Crippen LogP contribution in [-0.4, -0.2) is 28.9 Å². The van der Waals surface area contributed by atoms with E-state index in [0.717, 1.165) is 6.07 Å². The van der Waals surface area contributed by atoms with Crippen LogP contribution in [0.1, 0.15) is 54.7 Å². The number of amides is 1. The van der Waals surface area contributed by atoms with E-state index in [-0.39, 0.29) is 23.3 Å². The standard InChI is InChI=1S/C17H19F2N3O2.C7H6F2O/c1-2-10-4-3-9(8-17(10,18)19)12-7-13(23)14-11(22-12)5-6-21-15(14)16(20)24;1-10-6-4-2-3-5(8)7(6)9/h5-7,9-10H,2-4,8H2,1H3,(H2,20,24)(H,22,23);2-4H,1H3/t9-,10+;/m0./s1. The third kappa shape index (κ3) is 5.21. The molecule has 34 heavy (non-hydrogen) atoms. The first-order valence-electron chi connectivity index (χ1n) is 10.8. The van der Waals surface area contributed by atoms with E-state index in [2.05, 4.69) is 14.7 Å². The fraction of sp³-hybridized carbons (Fsp3) is 0.375. The van der Waals surface area contributed by atoms with E-state index in [0.29, 0.717) is 30.5 Å². The number of primary amides is 1. The number of nitrogens with two attached hydrogens (primary N) is 1. The van der Waals surface area contributed by atoms with Gasteiger partial charge in [0.15, 0.2) is 17.0 Å². The molecule has 4 rings (SSSR count). The Hall–Kier alpha value is -3.43. The molecule has 6 nitrogen and oxygen atoms in total. The van der Waals surface area contributed by atoms with Crippen molar-refractivity contribution in [1.29, 1.82) is 0 Å². The Morgan fingerprint density at radius 1 is 1.26 bits per heavy atom. The van der Waals surface area contributed by atoms with Gasteiger partial charge in [-0.15, -0.1) is 0 Å². The smallest absolute Gasteiger partial charge is 0.268 e. The summed E-state index contributed by atoms with van der Waals surface area (Å²) in [5, 5.41) is 0.0998. The van der Waals surface area contributed by atoms with Gasteiger partial charge in [0.1, 0.15) is 5.69 Å². The van der Waals surface area contributed by atoms with Crippen LogP contribution in [0.4, 0.5) is 17.6 Å². The Balaban J connectivity index is 0.000000271. The largest absolute Gasteiger partial charge is 0.494 e. The number of aromatic nitrogens is 2. The number of carbonyl (C=O) groups is 1. The average molecular weight is 479 g/mol. The van der Waals surface area contributed by atoms with Crippen molar-refractivity contribution in [3.05, 3.63) is 69.8 Å². The van der Waals surface area contributed by atoms with Crippen molar-refractivity contribution < 1.29 is 27.1 Å². The number of benzene rings is 1. The van der Waals surface area contributed by atoms with Crippen molar-refractivity contribution >= 4 is 16.8 Å². The quantitative estimate of drug-likeness (QED) is 0.519. The van der Waals surface area contributed by atoms with Gasteiger partial charge in [0, 0.05) is 36.2 Å². The molecule has 0 radical (unpaired) electrons. The van der Waals surface area contributed by atoms with Crippen LogP contribution in [0.15, 0.2) is 41.3 Å². The van der Waals surface area contributed by atoms with Crippen molar-refractivity contribution in [2.45, 2.75) is 44.4 Å². The maximum atomic E-state index is 14.2. The van der Waals surface area contributed by atoms with Crippen molar-refractivity contribution in [3.8, 4) is 5.75 Å². The fourth-order valence-corrected chi connectivity index (χ4v) is 4.25. The molecule has 2 atom stereocenters. The number of methoxy groups -OCH3 is 1. The summed E-state index contributed by atoms with van der Waals surface area (Å²) in [5.74, 6) is -6.45. The molecule has 1 saturated carbocycles. The molecule has 10 heteroatoms. The van der Waals surface area contributed by atoms with Crippen molar-refractivity contribution in [3.63, 3.8) is 0 Å². The van der Waals surface area contributed by atoms with Gasteiger partial charge in [0.05, 0.1) is 18.0 Å². The van der Waals surface area contributed by atoms with Gasteiger partial charge in [-0.1, -0.05) is 13.0 Å². The minimum Gasteiger partial charge on any atom is -0.494 e. The molecule has 0 aliphatic heterocycles. The lowest BCUT2D eigenvalue weighted by atomic mass is 9.76. The van der Waals surface area contributed by atoms with E-state index in [1.54, 1.807) is 13.0 Å². The van der Waals surface area contributed by atoms with Gasteiger partial charge in [-0.25, -0.2) is 13.2 Å². The fourth-order valence-electron chi connectivity index (χ4n) is 4.25. The van der Waals surface area contributed by atoms with E-state index in [4.69, 9.17) is 5.73 Å². The zero-order chi connectivity index (χ0) is 25.0. The van der Waals surface area contributed by atoms with Crippen LogP contribution in [-0.2, 0) is 0 Å². The van der Waals surface area contributed by atoms with Gasteiger partial charge in [-0.3, -0.25) is 14.6 Å². The van der Waals surface area contributed by atoms with E-state index >= 15 is 0 Å². The predicted molar refractivity (Wildman–Crippen MR) is 119 cm³/mol. The minimum absolute atomic E-state index is 0.0694. The maximum absolute atomic E-state index is 14.2. The number of aromatic amines is 1. The van der Waals surface area contributed by atoms with Crippen LogP contribution in [0.2, 0.25) is 0 Å². The van der Waals surface area contributed by atoms with Crippen LogP contribution in [0.3, 0.4) is 0 Å². The van der Waals surface area contributed by atoms with Crippen LogP contribution in [0, 0.1) is 17.6 Å². The molecule has 1 aliphatic carbocycles. The number of carbonyl (C=O) groups excluding carboxylic acids is 1. The number of hydrogen-bond acceptors (Lipinski definition) is 4. The van der Waals surface area contributed by atoms with E-state index in [9.17, 15) is 27.2 Å². The molecule has 182 valence electrons. The Morgan fingerprint density at radius 3 is 2.59 bits per heavy atom. The first-order chi connectivity index (χ1) is 16.1. The molecule has 3 N–H and O–H groups in total. The molecule has 1 aromatic carbocycles. The number of pyridine rings is 2. The van der Waals surface area contributed by atoms with Crippen molar-refractivity contribution in [1.82, 2.24) is 9.97 Å². The van der Waals surface area contributed by atoms with Crippen molar-refractivity contribution in [2.75, 3.05) is 7.11 Å². The molecule has 0 unspecified atom stereocenters.